The molecule has 0 radical (unpaired) electrons. The second-order valence-electron chi connectivity index (χ2n) is 4.18. The number of hydrogen-bond donors (Lipinski definition) is 1. The van der Waals surface area contributed by atoms with Crippen molar-refractivity contribution in [1.82, 2.24) is 0 Å². The van der Waals surface area contributed by atoms with Gasteiger partial charge in [0.1, 0.15) is 0 Å². The number of ether oxygens (including phenoxy) is 1. The van der Waals surface area contributed by atoms with Gasteiger partial charge in [-0.2, -0.15) is 0 Å². The largest absolute Gasteiger partial charge is 0.469 e. The predicted molar refractivity (Wildman–Crippen MR) is 55.8 cm³/mol. The molecule has 0 amide bonds. The molecule has 1 rings (SSSR count). The van der Waals surface area contributed by atoms with Gasteiger partial charge >= 0.3 is 5.97 Å². The van der Waals surface area contributed by atoms with Crippen LogP contribution in [0, 0.1) is 5.92 Å². The number of hydrogen-bond acceptors (Lipinski definition) is 3. The summed E-state index contributed by atoms with van der Waals surface area (Å²) in [5.74, 6) is 0.415. The minimum atomic E-state index is -0.110. The van der Waals surface area contributed by atoms with Crippen LogP contribution in [0.5, 0.6) is 0 Å². The van der Waals surface area contributed by atoms with Crippen molar-refractivity contribution in [2.24, 2.45) is 11.7 Å². The molecule has 1 aliphatic carbocycles. The second-order valence-corrected chi connectivity index (χ2v) is 4.18. The van der Waals surface area contributed by atoms with Crippen LogP contribution in [-0.4, -0.2) is 19.1 Å². The van der Waals surface area contributed by atoms with Crippen molar-refractivity contribution in [1.29, 1.82) is 0 Å². The molecule has 2 N–H and O–H groups in total. The van der Waals surface area contributed by atoms with Gasteiger partial charge < -0.3 is 10.5 Å². The maximum Gasteiger partial charge on any atom is 0.305 e. The smallest absolute Gasteiger partial charge is 0.305 e. The lowest BCUT2D eigenvalue weighted by atomic mass is 9.91. The third-order valence-corrected chi connectivity index (χ3v) is 3.16. The van der Waals surface area contributed by atoms with Crippen molar-refractivity contribution in [3.63, 3.8) is 0 Å². The Morgan fingerprint density at radius 3 is 2.79 bits per heavy atom. The van der Waals surface area contributed by atoms with Crippen molar-refractivity contribution in [2.75, 3.05) is 7.11 Å². The van der Waals surface area contributed by atoms with Gasteiger partial charge in [-0.1, -0.05) is 19.3 Å². The van der Waals surface area contributed by atoms with Gasteiger partial charge in [0.05, 0.1) is 7.11 Å². The topological polar surface area (TPSA) is 52.3 Å². The summed E-state index contributed by atoms with van der Waals surface area (Å²) < 4.78 is 4.63. The van der Waals surface area contributed by atoms with Crippen molar-refractivity contribution in [3.05, 3.63) is 0 Å². The zero-order chi connectivity index (χ0) is 10.4. The first-order valence-corrected chi connectivity index (χ1v) is 5.56. The first-order chi connectivity index (χ1) is 6.74. The van der Waals surface area contributed by atoms with E-state index in [1.54, 1.807) is 0 Å². The van der Waals surface area contributed by atoms with Crippen LogP contribution in [0.2, 0.25) is 0 Å². The molecule has 1 saturated carbocycles. The first-order valence-electron chi connectivity index (χ1n) is 5.56. The number of methoxy groups -OCH3 is 1. The van der Waals surface area contributed by atoms with Crippen LogP contribution in [-0.2, 0) is 9.53 Å². The molecule has 0 aromatic heterocycles. The van der Waals surface area contributed by atoms with Gasteiger partial charge in [-0.3, -0.25) is 4.79 Å². The van der Waals surface area contributed by atoms with Gasteiger partial charge in [0.15, 0.2) is 0 Å². The Morgan fingerprint density at radius 1 is 1.36 bits per heavy atom. The lowest BCUT2D eigenvalue weighted by molar-refractivity contribution is -0.141. The van der Waals surface area contributed by atoms with Crippen LogP contribution in [0.4, 0.5) is 0 Å². The summed E-state index contributed by atoms with van der Waals surface area (Å²) in [7, 11) is 1.44. The van der Waals surface area contributed by atoms with Crippen LogP contribution in [0.25, 0.3) is 0 Å². The fraction of sp³-hybridized carbons (Fsp3) is 0.909. The van der Waals surface area contributed by atoms with Gasteiger partial charge in [-0.15, -0.1) is 0 Å². The maximum atomic E-state index is 11.0. The summed E-state index contributed by atoms with van der Waals surface area (Å²) in [6, 6.07) is 0.294. The maximum absolute atomic E-state index is 11.0. The molecule has 2 atom stereocenters. The molecule has 82 valence electrons. The van der Waals surface area contributed by atoms with E-state index in [9.17, 15) is 4.79 Å². The van der Waals surface area contributed by atoms with E-state index in [0.29, 0.717) is 18.4 Å². The monoisotopic (exact) mass is 199 g/mol. The third-order valence-electron chi connectivity index (χ3n) is 3.16. The van der Waals surface area contributed by atoms with Gasteiger partial charge in [0, 0.05) is 12.5 Å². The highest BCUT2D eigenvalue weighted by atomic mass is 16.5. The molecule has 0 heterocycles. The summed E-state index contributed by atoms with van der Waals surface area (Å²) in [5, 5.41) is 0. The van der Waals surface area contributed by atoms with E-state index in [1.165, 1.54) is 32.8 Å². The highest BCUT2D eigenvalue weighted by molar-refractivity contribution is 5.69. The molecule has 3 heteroatoms. The SMILES string of the molecule is COC(=O)CCC1CCCCCC1N. The zero-order valence-corrected chi connectivity index (χ0v) is 9.00. The van der Waals surface area contributed by atoms with E-state index < -0.39 is 0 Å². The molecule has 0 aliphatic heterocycles. The number of carbonyl (C=O) groups excluding carboxylic acids is 1. The van der Waals surface area contributed by atoms with Gasteiger partial charge in [-0.25, -0.2) is 0 Å². The van der Waals surface area contributed by atoms with E-state index in [-0.39, 0.29) is 5.97 Å². The summed E-state index contributed by atoms with van der Waals surface area (Å²) in [4.78, 5) is 11.0. The van der Waals surface area contributed by atoms with E-state index in [0.717, 1.165) is 12.8 Å². The molecule has 2 unspecified atom stereocenters. The molecular formula is C11H21NO2. The first kappa shape index (κ1) is 11.5. The lowest BCUT2D eigenvalue weighted by Gasteiger charge is -2.20. The van der Waals surface area contributed by atoms with E-state index in [1.807, 2.05) is 0 Å². The molecule has 0 aromatic rings. The Bertz CT molecular complexity index is 182. The quantitative estimate of drug-likeness (QED) is 0.557. The molecule has 0 saturated heterocycles. The van der Waals surface area contributed by atoms with Gasteiger partial charge in [0.2, 0.25) is 0 Å². The fourth-order valence-corrected chi connectivity index (χ4v) is 2.18. The van der Waals surface area contributed by atoms with E-state index >= 15 is 0 Å². The minimum Gasteiger partial charge on any atom is -0.469 e. The summed E-state index contributed by atoms with van der Waals surface area (Å²) in [5.41, 5.74) is 6.05. The highest BCUT2D eigenvalue weighted by Gasteiger charge is 2.20. The molecule has 1 fully saturated rings. The molecule has 3 nitrogen and oxygen atoms in total. The van der Waals surface area contributed by atoms with Crippen molar-refractivity contribution < 1.29 is 9.53 Å². The predicted octanol–water partition coefficient (Wildman–Crippen LogP) is 1.85. The van der Waals surface area contributed by atoms with Crippen molar-refractivity contribution in [2.45, 2.75) is 51.0 Å². The average Bonchev–Trinajstić information content (AvgIpc) is 2.39. The minimum absolute atomic E-state index is 0.110. The number of rotatable bonds is 3. The molecule has 0 bridgehead atoms. The zero-order valence-electron chi connectivity index (χ0n) is 9.00. The Labute approximate surface area is 86.0 Å². The molecule has 14 heavy (non-hydrogen) atoms. The molecular weight excluding hydrogens is 178 g/mol. The number of carbonyl (C=O) groups is 1. The number of nitrogens with two attached hydrogens (primary N) is 1. The molecule has 0 spiro atoms. The second kappa shape index (κ2) is 6.02. The van der Waals surface area contributed by atoms with E-state index in [4.69, 9.17) is 5.73 Å². The Balaban J connectivity index is 2.29. The Hall–Kier alpha value is -0.570. The Morgan fingerprint density at radius 2 is 2.07 bits per heavy atom. The number of esters is 1. The summed E-state index contributed by atoms with van der Waals surface area (Å²) in [6.07, 6.45) is 7.52. The van der Waals surface area contributed by atoms with Crippen LogP contribution < -0.4 is 5.73 Å². The van der Waals surface area contributed by atoms with Gasteiger partial charge in [-0.05, 0) is 25.2 Å². The third kappa shape index (κ3) is 3.66. The van der Waals surface area contributed by atoms with Gasteiger partial charge in [0.25, 0.3) is 0 Å². The van der Waals surface area contributed by atoms with Crippen LogP contribution in [0.1, 0.15) is 44.9 Å². The summed E-state index contributed by atoms with van der Waals surface area (Å²) in [6.45, 7) is 0. The van der Waals surface area contributed by atoms with Crippen LogP contribution in [0.15, 0.2) is 0 Å². The van der Waals surface area contributed by atoms with E-state index in [2.05, 4.69) is 4.74 Å². The average molecular weight is 199 g/mol. The van der Waals surface area contributed by atoms with Crippen molar-refractivity contribution in [3.8, 4) is 0 Å². The highest BCUT2D eigenvalue weighted by Crippen LogP contribution is 2.25. The molecule has 0 aromatic carbocycles. The van der Waals surface area contributed by atoms with Crippen LogP contribution in [0.3, 0.4) is 0 Å². The summed E-state index contributed by atoms with van der Waals surface area (Å²) >= 11 is 0. The molecule has 1 aliphatic rings. The van der Waals surface area contributed by atoms with Crippen molar-refractivity contribution >= 4 is 5.97 Å². The fourth-order valence-electron chi connectivity index (χ4n) is 2.18. The van der Waals surface area contributed by atoms with Crippen LogP contribution >= 0.6 is 0 Å². The Kier molecular flexibility index (Phi) is 4.94. The standard InChI is InChI=1S/C11H21NO2/c1-14-11(13)8-7-9-5-3-2-4-6-10(9)12/h9-10H,2-8,12H2,1H3. The lowest BCUT2D eigenvalue weighted by Crippen LogP contribution is -2.29. The normalized spacial score (nSPS) is 28.1.